The van der Waals surface area contributed by atoms with Crippen molar-refractivity contribution in [1.82, 2.24) is 20.2 Å². The average Bonchev–Trinajstić information content (AvgIpc) is 3.57. The Balaban J connectivity index is 1.72. The van der Waals surface area contributed by atoms with E-state index < -0.39 is 59.0 Å². The lowest BCUT2D eigenvalue weighted by molar-refractivity contribution is -0.194. The Bertz CT molecular complexity index is 1090. The number of hydrogen-bond donors (Lipinski definition) is 2. The largest absolute Gasteiger partial charge is 0.395 e. The van der Waals surface area contributed by atoms with Gasteiger partial charge in [0.05, 0.1) is 5.41 Å². The second kappa shape index (κ2) is 10.5. The van der Waals surface area contributed by atoms with Crippen molar-refractivity contribution in [3.05, 3.63) is 58.7 Å². The molecule has 1 saturated carbocycles. The molecule has 3 rings (SSSR count). The minimum Gasteiger partial charge on any atom is -0.365 e. The molecule has 0 bridgehead atoms. The third kappa shape index (κ3) is 5.97. The lowest BCUT2D eigenvalue weighted by Gasteiger charge is -2.29. The van der Waals surface area contributed by atoms with Gasteiger partial charge in [0.2, 0.25) is 5.91 Å². The predicted molar refractivity (Wildman–Crippen MR) is 121 cm³/mol. The van der Waals surface area contributed by atoms with Crippen LogP contribution in [0, 0.1) is 24.0 Å². The van der Waals surface area contributed by atoms with Crippen molar-refractivity contribution in [3.63, 3.8) is 0 Å². The molecular weight excluding hydrogens is 485 g/mol. The summed E-state index contributed by atoms with van der Waals surface area (Å²) in [7, 11) is 3.38. The smallest absolute Gasteiger partial charge is 0.365 e. The molecule has 7 nitrogen and oxygen atoms in total. The van der Waals surface area contributed by atoms with Crippen molar-refractivity contribution < 1.29 is 31.5 Å². The molecule has 1 aromatic heterocycles. The Labute approximate surface area is 205 Å². The quantitative estimate of drug-likeness (QED) is 0.475. The van der Waals surface area contributed by atoms with E-state index in [1.54, 1.807) is 25.9 Å². The summed E-state index contributed by atoms with van der Waals surface area (Å²) in [6, 6.07) is 1.55. The number of carbonyl (C=O) groups excluding carboxylic acids is 2. The van der Waals surface area contributed by atoms with E-state index in [0.717, 1.165) is 12.1 Å². The van der Waals surface area contributed by atoms with Crippen LogP contribution in [0.1, 0.15) is 52.5 Å². The Morgan fingerprint density at radius 2 is 1.69 bits per heavy atom. The van der Waals surface area contributed by atoms with E-state index in [4.69, 9.17) is 5.73 Å². The molecule has 0 radical (unpaired) electrons. The number of hydrogen-bond acceptors (Lipinski definition) is 5. The van der Waals surface area contributed by atoms with Crippen LogP contribution in [0.5, 0.6) is 0 Å². The van der Waals surface area contributed by atoms with Crippen LogP contribution in [-0.2, 0) is 11.2 Å². The number of aryl methyl sites for hydroxylation is 1. The van der Waals surface area contributed by atoms with Crippen LogP contribution in [0.2, 0.25) is 0 Å². The number of aromatic nitrogens is 2. The monoisotopic (exact) mass is 513 g/mol. The highest BCUT2D eigenvalue weighted by Gasteiger charge is 2.67. The van der Waals surface area contributed by atoms with Gasteiger partial charge in [-0.05, 0) is 63.5 Å². The van der Waals surface area contributed by atoms with E-state index in [1.165, 1.54) is 12.4 Å². The average molecular weight is 514 g/mol. The fourth-order valence-electron chi connectivity index (χ4n) is 4.36. The molecule has 1 aromatic carbocycles. The van der Waals surface area contributed by atoms with Crippen molar-refractivity contribution in [2.45, 2.75) is 50.7 Å². The molecule has 196 valence electrons. The predicted octanol–water partition coefficient (Wildman–Crippen LogP) is 3.27. The molecule has 2 aromatic rings. The van der Waals surface area contributed by atoms with Crippen LogP contribution in [0.4, 0.5) is 22.0 Å². The van der Waals surface area contributed by atoms with Gasteiger partial charge in [-0.25, -0.2) is 18.7 Å². The van der Waals surface area contributed by atoms with Gasteiger partial charge in [-0.3, -0.25) is 9.59 Å². The van der Waals surface area contributed by atoms with Crippen LogP contribution in [0.25, 0.3) is 0 Å². The van der Waals surface area contributed by atoms with Crippen molar-refractivity contribution in [2.75, 3.05) is 20.6 Å². The molecule has 2 amide bonds. The molecule has 1 fully saturated rings. The number of nitrogens with zero attached hydrogens (tertiary/aromatic N) is 3. The Morgan fingerprint density at radius 3 is 2.14 bits per heavy atom. The minimum absolute atomic E-state index is 0.0166. The third-order valence-electron chi connectivity index (χ3n) is 6.70. The van der Waals surface area contributed by atoms with Crippen molar-refractivity contribution in [1.29, 1.82) is 0 Å². The molecule has 2 atom stereocenters. The summed E-state index contributed by atoms with van der Waals surface area (Å²) in [5.74, 6) is -4.74. The second-order valence-corrected chi connectivity index (χ2v) is 9.40. The second-order valence-electron chi connectivity index (χ2n) is 9.40. The normalized spacial score (nSPS) is 16.5. The molecule has 36 heavy (non-hydrogen) atoms. The van der Waals surface area contributed by atoms with Crippen molar-refractivity contribution in [3.8, 4) is 0 Å². The molecular formula is C24H28F5N5O2. The number of likely N-dealkylation sites (N-methyl/N-ethyl adjacent to an activating group) is 1. The Morgan fingerprint density at radius 1 is 1.14 bits per heavy atom. The van der Waals surface area contributed by atoms with E-state index in [1.807, 2.05) is 0 Å². The standard InChI is InChI=1S/C24H28F5N5O2/c1-13-31-10-15(11-32-13)17(23(4-5-23)24(27,28)29)9-20(35)33-12-16(34(2)3)6-14-7-18(25)21(22(30)36)19(26)8-14/h7-8,10-11,16-17H,4-6,9,12H2,1-3H3,(H2,30,36)(H,33,35)/t16-,17-/m0/s1. The summed E-state index contributed by atoms with van der Waals surface area (Å²) in [6.45, 7) is 1.63. The lowest BCUT2D eigenvalue weighted by atomic mass is 9.81. The Hall–Kier alpha value is -3.15. The summed E-state index contributed by atoms with van der Waals surface area (Å²) in [4.78, 5) is 33.7. The minimum atomic E-state index is -4.49. The van der Waals surface area contributed by atoms with Crippen LogP contribution in [-0.4, -0.2) is 59.5 Å². The molecule has 0 aliphatic heterocycles. The fourth-order valence-corrected chi connectivity index (χ4v) is 4.36. The molecule has 0 spiro atoms. The number of amides is 2. The van der Waals surface area contributed by atoms with E-state index >= 15 is 0 Å². The number of carbonyl (C=O) groups is 2. The summed E-state index contributed by atoms with van der Waals surface area (Å²) in [5.41, 5.74) is 2.63. The zero-order valence-electron chi connectivity index (χ0n) is 20.1. The number of halogens is 5. The van der Waals surface area contributed by atoms with Crippen LogP contribution in [0.3, 0.4) is 0 Å². The highest BCUT2D eigenvalue weighted by molar-refractivity contribution is 5.93. The molecule has 12 heteroatoms. The van der Waals surface area contributed by atoms with E-state index in [2.05, 4.69) is 15.3 Å². The van der Waals surface area contributed by atoms with Gasteiger partial charge in [-0.15, -0.1) is 0 Å². The highest BCUT2D eigenvalue weighted by atomic mass is 19.4. The van der Waals surface area contributed by atoms with Crippen LogP contribution < -0.4 is 11.1 Å². The highest BCUT2D eigenvalue weighted by Crippen LogP contribution is 2.66. The number of rotatable bonds is 10. The maximum absolute atomic E-state index is 14.1. The summed E-state index contributed by atoms with van der Waals surface area (Å²) in [6.07, 6.45) is -2.31. The van der Waals surface area contributed by atoms with Crippen molar-refractivity contribution in [2.24, 2.45) is 11.1 Å². The lowest BCUT2D eigenvalue weighted by Crippen LogP contribution is -2.43. The molecule has 1 aliphatic rings. The molecule has 0 saturated heterocycles. The number of nitrogens with one attached hydrogen (secondary N) is 1. The summed E-state index contributed by atoms with van der Waals surface area (Å²) < 4.78 is 70.0. The van der Waals surface area contributed by atoms with Crippen molar-refractivity contribution >= 4 is 11.8 Å². The molecule has 1 heterocycles. The topological polar surface area (TPSA) is 101 Å². The Kier molecular flexibility index (Phi) is 7.97. The number of benzene rings is 1. The van der Waals surface area contributed by atoms with E-state index in [0.29, 0.717) is 5.82 Å². The third-order valence-corrected chi connectivity index (χ3v) is 6.70. The van der Waals surface area contributed by atoms with Gasteiger partial charge in [-0.2, -0.15) is 13.2 Å². The first-order valence-corrected chi connectivity index (χ1v) is 11.3. The number of primary amides is 1. The van der Waals surface area contributed by atoms with E-state index in [9.17, 15) is 31.5 Å². The molecule has 3 N–H and O–H groups in total. The maximum Gasteiger partial charge on any atom is 0.395 e. The van der Waals surface area contributed by atoms with Gasteiger partial charge < -0.3 is 16.0 Å². The fraction of sp³-hybridized carbons (Fsp3) is 0.500. The first kappa shape index (κ1) is 27.4. The van der Waals surface area contributed by atoms with Gasteiger partial charge in [0.15, 0.2) is 0 Å². The van der Waals surface area contributed by atoms with Crippen LogP contribution >= 0.6 is 0 Å². The maximum atomic E-state index is 14.1. The SMILES string of the molecule is Cc1ncc([C@H](CC(=O)NC[C@H](Cc2cc(F)c(C(N)=O)c(F)c2)N(C)C)C2(C(F)(F)F)CC2)cn1. The number of nitrogens with two attached hydrogens (primary N) is 1. The number of alkyl halides is 3. The summed E-state index contributed by atoms with van der Waals surface area (Å²) in [5, 5.41) is 2.66. The van der Waals surface area contributed by atoms with Gasteiger partial charge in [0.25, 0.3) is 5.91 Å². The van der Waals surface area contributed by atoms with Gasteiger partial charge in [-0.1, -0.05) is 0 Å². The van der Waals surface area contributed by atoms with Gasteiger partial charge in [0.1, 0.15) is 23.0 Å². The first-order valence-electron chi connectivity index (χ1n) is 11.3. The zero-order valence-corrected chi connectivity index (χ0v) is 20.1. The summed E-state index contributed by atoms with van der Waals surface area (Å²) >= 11 is 0. The molecule has 1 aliphatic carbocycles. The molecule has 0 unspecified atom stereocenters. The van der Waals surface area contributed by atoms with Gasteiger partial charge in [0, 0.05) is 37.3 Å². The van der Waals surface area contributed by atoms with Crippen LogP contribution in [0.15, 0.2) is 24.5 Å². The first-order chi connectivity index (χ1) is 16.7. The van der Waals surface area contributed by atoms with E-state index in [-0.39, 0.29) is 36.9 Å². The zero-order chi connectivity index (χ0) is 26.8. The van der Waals surface area contributed by atoms with Gasteiger partial charge >= 0.3 is 6.18 Å².